The first kappa shape index (κ1) is 21.7. The van der Waals surface area contributed by atoms with Crippen molar-refractivity contribution in [3.05, 3.63) is 11.1 Å². The van der Waals surface area contributed by atoms with Crippen LogP contribution in [0.15, 0.2) is 11.1 Å². The fraction of sp³-hybridized carbons (Fsp3) is 0.789. The molecule has 0 aliphatic heterocycles. The van der Waals surface area contributed by atoms with Gasteiger partial charge in [0.1, 0.15) is 0 Å². The van der Waals surface area contributed by atoms with Crippen LogP contribution in [0.4, 0.5) is 0 Å². The highest BCUT2D eigenvalue weighted by atomic mass is 16.5. The molecule has 0 aliphatic rings. The number of hydrogen-bond donors (Lipinski definition) is 0. The molecule has 0 saturated heterocycles. The van der Waals surface area contributed by atoms with E-state index in [0.29, 0.717) is 24.0 Å². The molecule has 0 fully saturated rings. The molecule has 4 heteroatoms. The summed E-state index contributed by atoms with van der Waals surface area (Å²) in [4.78, 5) is 24.2. The maximum absolute atomic E-state index is 12.1. The van der Waals surface area contributed by atoms with E-state index in [2.05, 4.69) is 13.8 Å². The quantitative estimate of drug-likeness (QED) is 0.273. The van der Waals surface area contributed by atoms with Gasteiger partial charge < -0.3 is 9.47 Å². The molecule has 0 radical (unpaired) electrons. The molecule has 23 heavy (non-hydrogen) atoms. The number of hydrogen-bond acceptors (Lipinski definition) is 4. The summed E-state index contributed by atoms with van der Waals surface area (Å²) in [6, 6.07) is 0. The number of ether oxygens (including phenoxy) is 2. The molecular weight excluding hydrogens is 292 g/mol. The van der Waals surface area contributed by atoms with E-state index < -0.39 is 11.9 Å². The minimum atomic E-state index is -0.393. The van der Waals surface area contributed by atoms with Crippen molar-refractivity contribution in [2.24, 2.45) is 0 Å². The number of methoxy groups -OCH3 is 2. The third-order valence-corrected chi connectivity index (χ3v) is 4.04. The monoisotopic (exact) mass is 326 g/mol. The zero-order valence-electron chi connectivity index (χ0n) is 15.4. The minimum Gasteiger partial charge on any atom is -0.466 e. The lowest BCUT2D eigenvalue weighted by molar-refractivity contribution is -0.139. The van der Waals surface area contributed by atoms with E-state index >= 15 is 0 Å². The van der Waals surface area contributed by atoms with Crippen LogP contribution in [-0.2, 0) is 19.1 Å². The normalized spacial score (nSPS) is 11.8. The summed E-state index contributed by atoms with van der Waals surface area (Å²) < 4.78 is 9.77. The fourth-order valence-corrected chi connectivity index (χ4v) is 2.63. The van der Waals surface area contributed by atoms with Gasteiger partial charge in [-0.15, -0.1) is 0 Å². The molecule has 0 aliphatic carbocycles. The number of rotatable bonds is 13. The summed E-state index contributed by atoms with van der Waals surface area (Å²) in [5, 5.41) is 0. The van der Waals surface area contributed by atoms with E-state index in [1.165, 1.54) is 27.1 Å². The van der Waals surface area contributed by atoms with Gasteiger partial charge >= 0.3 is 11.9 Å². The van der Waals surface area contributed by atoms with Gasteiger partial charge in [-0.05, 0) is 25.7 Å². The Kier molecular flexibility index (Phi) is 13.5. The molecule has 0 unspecified atom stereocenters. The summed E-state index contributed by atoms with van der Waals surface area (Å²) in [6.45, 7) is 4.32. The average Bonchev–Trinajstić information content (AvgIpc) is 2.58. The molecule has 0 rings (SSSR count). The van der Waals surface area contributed by atoms with E-state index in [1.807, 2.05) is 0 Å². The van der Waals surface area contributed by atoms with E-state index in [0.717, 1.165) is 44.9 Å². The van der Waals surface area contributed by atoms with Crippen molar-refractivity contribution in [2.45, 2.75) is 84.5 Å². The summed E-state index contributed by atoms with van der Waals surface area (Å²) in [5.41, 5.74) is 1.01. The Balaban J connectivity index is 4.94. The van der Waals surface area contributed by atoms with Gasteiger partial charge in [0.05, 0.1) is 14.2 Å². The second kappa shape index (κ2) is 14.3. The highest BCUT2D eigenvalue weighted by Gasteiger charge is 2.21. The van der Waals surface area contributed by atoms with Crippen LogP contribution >= 0.6 is 0 Å². The smallest absolute Gasteiger partial charge is 0.334 e. The maximum atomic E-state index is 12.1. The molecule has 134 valence electrons. The second-order valence-electron chi connectivity index (χ2n) is 5.92. The highest BCUT2D eigenvalue weighted by molar-refractivity contribution is 6.00. The first-order valence-corrected chi connectivity index (χ1v) is 9.00. The molecule has 0 spiro atoms. The molecule has 0 heterocycles. The molecule has 0 aromatic rings. The van der Waals surface area contributed by atoms with Crippen molar-refractivity contribution >= 4 is 11.9 Å². The second-order valence-corrected chi connectivity index (χ2v) is 5.92. The van der Waals surface area contributed by atoms with Crippen molar-refractivity contribution in [2.75, 3.05) is 14.2 Å². The largest absolute Gasteiger partial charge is 0.466 e. The van der Waals surface area contributed by atoms with Crippen LogP contribution in [0.5, 0.6) is 0 Å². The Labute approximate surface area is 141 Å². The van der Waals surface area contributed by atoms with Crippen molar-refractivity contribution < 1.29 is 19.1 Å². The zero-order valence-corrected chi connectivity index (χ0v) is 15.4. The molecule has 0 aromatic carbocycles. The lowest BCUT2D eigenvalue weighted by Gasteiger charge is -2.12. The van der Waals surface area contributed by atoms with E-state index in [1.54, 1.807) is 0 Å². The van der Waals surface area contributed by atoms with Crippen LogP contribution in [0.25, 0.3) is 0 Å². The number of esters is 2. The van der Waals surface area contributed by atoms with Gasteiger partial charge in [-0.1, -0.05) is 58.8 Å². The first-order chi connectivity index (χ1) is 11.1. The molecule has 0 N–H and O–H groups in total. The Morgan fingerprint density at radius 2 is 0.957 bits per heavy atom. The number of carbonyl (C=O) groups excluding carboxylic acids is 2. The van der Waals surface area contributed by atoms with Crippen LogP contribution in [0.3, 0.4) is 0 Å². The number of unbranched alkanes of at least 4 members (excludes halogenated alkanes) is 7. The van der Waals surface area contributed by atoms with Crippen LogP contribution in [0.2, 0.25) is 0 Å². The van der Waals surface area contributed by atoms with Gasteiger partial charge in [0.2, 0.25) is 0 Å². The van der Waals surface area contributed by atoms with Gasteiger partial charge in [0.15, 0.2) is 0 Å². The Morgan fingerprint density at radius 3 is 1.30 bits per heavy atom. The first-order valence-electron chi connectivity index (χ1n) is 9.00. The topological polar surface area (TPSA) is 52.6 Å². The Morgan fingerprint density at radius 1 is 0.609 bits per heavy atom. The SMILES string of the molecule is CCCCCCC/C(C(=O)OC)=C(\CCCCCC)C(=O)OC. The van der Waals surface area contributed by atoms with E-state index in [9.17, 15) is 9.59 Å². The predicted octanol–water partition coefficient (Wildman–Crippen LogP) is 4.96. The standard InChI is InChI=1S/C19H34O4/c1-5-7-9-11-13-15-17(19(21)23-4)16(18(20)22-3)14-12-10-8-6-2/h5-15H2,1-4H3/b17-16-. The minimum absolute atomic E-state index is 0.392. The molecular formula is C19H34O4. The van der Waals surface area contributed by atoms with Crippen LogP contribution in [0.1, 0.15) is 84.5 Å². The van der Waals surface area contributed by atoms with Crippen molar-refractivity contribution in [3.63, 3.8) is 0 Å². The lowest BCUT2D eigenvalue weighted by atomic mass is 9.96. The fourth-order valence-electron chi connectivity index (χ4n) is 2.63. The van der Waals surface area contributed by atoms with Crippen molar-refractivity contribution in [1.29, 1.82) is 0 Å². The molecule has 0 bridgehead atoms. The predicted molar refractivity (Wildman–Crippen MR) is 93.2 cm³/mol. The van der Waals surface area contributed by atoms with Crippen LogP contribution in [0, 0.1) is 0 Å². The van der Waals surface area contributed by atoms with Gasteiger partial charge in [0.25, 0.3) is 0 Å². The van der Waals surface area contributed by atoms with E-state index in [4.69, 9.17) is 9.47 Å². The molecule has 0 amide bonds. The van der Waals surface area contributed by atoms with Gasteiger partial charge in [0, 0.05) is 11.1 Å². The van der Waals surface area contributed by atoms with Gasteiger partial charge in [-0.25, -0.2) is 9.59 Å². The third-order valence-electron chi connectivity index (χ3n) is 4.04. The van der Waals surface area contributed by atoms with Gasteiger partial charge in [-0.2, -0.15) is 0 Å². The summed E-state index contributed by atoms with van der Waals surface area (Å²) in [7, 11) is 2.73. The maximum Gasteiger partial charge on any atom is 0.334 e. The summed E-state index contributed by atoms with van der Waals surface area (Å²) in [6.07, 6.45) is 10.9. The van der Waals surface area contributed by atoms with Crippen molar-refractivity contribution in [1.82, 2.24) is 0 Å². The Bertz CT molecular complexity index is 372. The van der Waals surface area contributed by atoms with E-state index in [-0.39, 0.29) is 0 Å². The van der Waals surface area contributed by atoms with Crippen molar-refractivity contribution in [3.8, 4) is 0 Å². The third kappa shape index (κ3) is 9.42. The summed E-state index contributed by atoms with van der Waals surface area (Å²) >= 11 is 0. The van der Waals surface area contributed by atoms with Crippen LogP contribution < -0.4 is 0 Å². The van der Waals surface area contributed by atoms with Gasteiger partial charge in [-0.3, -0.25) is 0 Å². The average molecular weight is 326 g/mol. The molecule has 4 nitrogen and oxygen atoms in total. The Hall–Kier alpha value is -1.32. The molecule has 0 saturated carbocycles. The highest BCUT2D eigenvalue weighted by Crippen LogP contribution is 2.22. The zero-order chi connectivity index (χ0) is 17.5. The van der Waals surface area contributed by atoms with Crippen LogP contribution in [-0.4, -0.2) is 26.2 Å². The summed E-state index contributed by atoms with van der Waals surface area (Å²) in [5.74, 6) is -0.785. The molecule has 0 atom stereocenters. The lowest BCUT2D eigenvalue weighted by Crippen LogP contribution is -2.15. The number of carbonyl (C=O) groups is 2. The molecule has 0 aromatic heterocycles.